The number of Topliss-reactive ketones (excluding diaryl/α,β-unsaturated/α-hetero) is 1. The fraction of sp³-hybridized carbons (Fsp3) is 0.250. The predicted molar refractivity (Wildman–Crippen MR) is 139 cm³/mol. The minimum absolute atomic E-state index is 0.0172. The van der Waals surface area contributed by atoms with Crippen molar-refractivity contribution in [3.8, 4) is 11.3 Å². The van der Waals surface area contributed by atoms with E-state index in [1.807, 2.05) is 59.3 Å². The van der Waals surface area contributed by atoms with E-state index in [2.05, 4.69) is 16.5 Å². The number of ketones is 1. The minimum atomic E-state index is -0.0770. The van der Waals surface area contributed by atoms with Gasteiger partial charge in [-0.3, -0.25) is 9.59 Å². The van der Waals surface area contributed by atoms with Crippen LogP contribution in [0, 0.1) is 0 Å². The van der Waals surface area contributed by atoms with Crippen LogP contribution in [0.3, 0.4) is 0 Å². The van der Waals surface area contributed by atoms with Gasteiger partial charge in [0.1, 0.15) is 17.8 Å². The maximum Gasteiger partial charge on any atom is 0.246 e. The average molecular weight is 481 g/mol. The van der Waals surface area contributed by atoms with Crippen LogP contribution in [-0.4, -0.2) is 49.4 Å². The molecule has 0 bridgehead atoms. The third-order valence-electron chi connectivity index (χ3n) is 6.71. The van der Waals surface area contributed by atoms with Gasteiger partial charge in [-0.05, 0) is 30.9 Å². The van der Waals surface area contributed by atoms with Gasteiger partial charge in [0.2, 0.25) is 5.91 Å². The molecule has 2 aromatic carbocycles. The Kier molecular flexibility index (Phi) is 6.58. The maximum absolute atomic E-state index is 12.5. The van der Waals surface area contributed by atoms with Gasteiger partial charge in [-0.1, -0.05) is 61.2 Å². The Morgan fingerprint density at radius 1 is 1.08 bits per heavy atom. The largest absolute Gasteiger partial charge is 0.383 e. The van der Waals surface area contributed by atoms with Gasteiger partial charge in [-0.2, -0.15) is 5.10 Å². The Morgan fingerprint density at radius 3 is 2.61 bits per heavy atom. The van der Waals surface area contributed by atoms with Crippen LogP contribution < -0.4 is 5.73 Å². The predicted octanol–water partition coefficient (Wildman–Crippen LogP) is 4.24. The molecular weight excluding hydrogens is 452 g/mol. The number of hydrogen-bond acceptors (Lipinski definition) is 6. The van der Waals surface area contributed by atoms with Crippen LogP contribution in [0.4, 0.5) is 5.82 Å². The molecule has 0 saturated carbocycles. The van der Waals surface area contributed by atoms with Gasteiger partial charge in [0.05, 0.1) is 11.4 Å². The summed E-state index contributed by atoms with van der Waals surface area (Å²) in [6.45, 7) is 4.86. The van der Waals surface area contributed by atoms with Crippen molar-refractivity contribution < 1.29 is 9.59 Å². The molecular formula is C28H28N6O2. The summed E-state index contributed by atoms with van der Waals surface area (Å²) in [5.41, 5.74) is 10.4. The van der Waals surface area contributed by atoms with Gasteiger partial charge in [0, 0.05) is 30.6 Å². The first kappa shape index (κ1) is 23.4. The zero-order chi connectivity index (χ0) is 25.1. The molecule has 8 nitrogen and oxygen atoms in total. The molecule has 36 heavy (non-hydrogen) atoms. The van der Waals surface area contributed by atoms with E-state index in [0.717, 1.165) is 29.5 Å². The topological polar surface area (TPSA) is 107 Å². The molecule has 0 spiro atoms. The molecule has 1 amide bonds. The molecule has 1 aliphatic heterocycles. The Labute approximate surface area is 209 Å². The number of rotatable bonds is 7. The highest BCUT2D eigenvalue weighted by Crippen LogP contribution is 2.34. The molecule has 1 aliphatic rings. The summed E-state index contributed by atoms with van der Waals surface area (Å²) in [4.78, 5) is 35.2. The number of nitrogens with two attached hydrogens (primary N) is 1. The van der Waals surface area contributed by atoms with Crippen LogP contribution in [0.25, 0.3) is 22.3 Å². The average Bonchev–Trinajstić information content (AvgIpc) is 3.33. The first-order chi connectivity index (χ1) is 17.5. The highest BCUT2D eigenvalue weighted by Gasteiger charge is 2.28. The lowest BCUT2D eigenvalue weighted by Crippen LogP contribution is -2.40. The Balaban J connectivity index is 1.40. The summed E-state index contributed by atoms with van der Waals surface area (Å²) in [6, 6.07) is 17.4. The van der Waals surface area contributed by atoms with E-state index >= 15 is 0 Å². The van der Waals surface area contributed by atoms with Crippen LogP contribution in [0.2, 0.25) is 0 Å². The second-order valence-electron chi connectivity index (χ2n) is 9.02. The van der Waals surface area contributed by atoms with E-state index in [1.54, 1.807) is 4.90 Å². The van der Waals surface area contributed by atoms with Crippen molar-refractivity contribution >= 4 is 28.5 Å². The summed E-state index contributed by atoms with van der Waals surface area (Å²) >= 11 is 0. The van der Waals surface area contributed by atoms with E-state index in [-0.39, 0.29) is 17.7 Å². The summed E-state index contributed by atoms with van der Waals surface area (Å²) < 4.78 is 1.89. The molecule has 2 N–H and O–H groups in total. The monoisotopic (exact) mass is 480 g/mol. The lowest BCUT2D eigenvalue weighted by atomic mass is 10.0. The number of hydrogen-bond donors (Lipinski definition) is 1. The standard InChI is InChI=1S/C28H28N6O2/c1-2-24(36)33-16-6-9-22(17-33)34-28-25(27(29)30-18-31-28)26(32-34)21-13-10-19(11-14-21)12-15-23(35)20-7-4-3-5-8-20/h2-5,7-8,10-11,13-14,18,22H,1,6,9,12,15-17H2,(H2,29,30,31). The molecule has 2 aromatic heterocycles. The van der Waals surface area contributed by atoms with Gasteiger partial charge in [-0.25, -0.2) is 14.6 Å². The maximum atomic E-state index is 12.5. The molecule has 1 saturated heterocycles. The van der Waals surface area contributed by atoms with Crippen LogP contribution in [-0.2, 0) is 11.2 Å². The van der Waals surface area contributed by atoms with Crippen molar-refractivity contribution in [1.82, 2.24) is 24.6 Å². The van der Waals surface area contributed by atoms with Gasteiger partial charge in [0.15, 0.2) is 11.4 Å². The van der Waals surface area contributed by atoms with Crippen molar-refractivity contribution in [3.05, 3.63) is 84.7 Å². The third kappa shape index (κ3) is 4.62. The number of carbonyl (C=O) groups excluding carboxylic acids is 2. The first-order valence-electron chi connectivity index (χ1n) is 12.1. The highest BCUT2D eigenvalue weighted by molar-refractivity contribution is 5.98. The zero-order valence-corrected chi connectivity index (χ0v) is 20.0. The highest BCUT2D eigenvalue weighted by atomic mass is 16.2. The summed E-state index contributed by atoms with van der Waals surface area (Å²) in [5.74, 6) is 0.422. The SMILES string of the molecule is C=CC(=O)N1CCCC(n2nc(-c3ccc(CCC(=O)c4ccccc4)cc3)c3c(N)ncnc32)C1. The zero-order valence-electron chi connectivity index (χ0n) is 20.0. The molecule has 8 heteroatoms. The lowest BCUT2D eigenvalue weighted by Gasteiger charge is -2.32. The number of anilines is 1. The van der Waals surface area contributed by atoms with Gasteiger partial charge >= 0.3 is 0 Å². The number of fused-ring (bicyclic) bond motifs is 1. The number of piperidine rings is 1. The van der Waals surface area contributed by atoms with Crippen LogP contribution in [0.5, 0.6) is 0 Å². The number of nitrogen functional groups attached to an aromatic ring is 1. The van der Waals surface area contributed by atoms with Crippen LogP contribution in [0.1, 0.15) is 41.2 Å². The number of likely N-dealkylation sites (tertiary alicyclic amines) is 1. The summed E-state index contributed by atoms with van der Waals surface area (Å²) in [7, 11) is 0. The van der Waals surface area contributed by atoms with E-state index in [9.17, 15) is 9.59 Å². The molecule has 3 heterocycles. The Morgan fingerprint density at radius 2 is 1.86 bits per heavy atom. The molecule has 4 aromatic rings. The Hall–Kier alpha value is -4.33. The molecule has 1 atom stereocenters. The fourth-order valence-electron chi connectivity index (χ4n) is 4.79. The fourth-order valence-corrected chi connectivity index (χ4v) is 4.79. The van der Waals surface area contributed by atoms with E-state index in [4.69, 9.17) is 10.8 Å². The molecule has 5 rings (SSSR count). The van der Waals surface area contributed by atoms with E-state index < -0.39 is 0 Å². The van der Waals surface area contributed by atoms with Gasteiger partial charge in [-0.15, -0.1) is 0 Å². The smallest absolute Gasteiger partial charge is 0.246 e. The quantitative estimate of drug-likeness (QED) is 0.313. The molecule has 1 unspecified atom stereocenters. The normalized spacial score (nSPS) is 15.7. The number of nitrogens with zero attached hydrogens (tertiary/aromatic N) is 5. The van der Waals surface area contributed by atoms with E-state index in [1.165, 1.54) is 12.4 Å². The minimum Gasteiger partial charge on any atom is -0.383 e. The number of carbonyl (C=O) groups is 2. The molecule has 0 radical (unpaired) electrons. The first-order valence-corrected chi connectivity index (χ1v) is 12.1. The molecule has 182 valence electrons. The van der Waals surface area contributed by atoms with Crippen molar-refractivity contribution in [3.63, 3.8) is 0 Å². The van der Waals surface area contributed by atoms with Crippen molar-refractivity contribution in [1.29, 1.82) is 0 Å². The van der Waals surface area contributed by atoms with Crippen molar-refractivity contribution in [2.45, 2.75) is 31.7 Å². The number of amides is 1. The molecule has 1 fully saturated rings. The van der Waals surface area contributed by atoms with Crippen molar-refractivity contribution in [2.24, 2.45) is 0 Å². The van der Waals surface area contributed by atoms with Crippen LogP contribution in [0.15, 0.2) is 73.6 Å². The second kappa shape index (κ2) is 10.1. The number of aryl methyl sites for hydroxylation is 1. The number of benzene rings is 2. The Bertz CT molecular complexity index is 1410. The van der Waals surface area contributed by atoms with Gasteiger partial charge < -0.3 is 10.6 Å². The van der Waals surface area contributed by atoms with Crippen LogP contribution >= 0.6 is 0 Å². The summed E-state index contributed by atoms with van der Waals surface area (Å²) in [5, 5.41) is 5.63. The second-order valence-corrected chi connectivity index (χ2v) is 9.02. The van der Waals surface area contributed by atoms with Crippen molar-refractivity contribution in [2.75, 3.05) is 18.8 Å². The molecule has 0 aliphatic carbocycles. The lowest BCUT2D eigenvalue weighted by molar-refractivity contribution is -0.127. The third-order valence-corrected chi connectivity index (χ3v) is 6.71. The summed E-state index contributed by atoms with van der Waals surface area (Å²) in [6.07, 6.45) is 5.66. The van der Waals surface area contributed by atoms with Gasteiger partial charge in [0.25, 0.3) is 0 Å². The van der Waals surface area contributed by atoms with E-state index in [0.29, 0.717) is 48.5 Å². The number of aromatic nitrogens is 4.